The van der Waals surface area contributed by atoms with E-state index in [0.717, 1.165) is 28.8 Å². The maximum absolute atomic E-state index is 14.3. The molecular weight excluding hydrogens is 457 g/mol. The molecule has 3 rings (SSSR count). The third kappa shape index (κ3) is 4.16. The van der Waals surface area contributed by atoms with E-state index in [1.807, 2.05) is 0 Å². The Hall–Kier alpha value is -3.14. The van der Waals surface area contributed by atoms with Crippen molar-refractivity contribution < 1.29 is 27.8 Å². The molecule has 1 aromatic heterocycles. The van der Waals surface area contributed by atoms with E-state index < -0.39 is 29.0 Å². The van der Waals surface area contributed by atoms with Gasteiger partial charge in [0.1, 0.15) is 34.4 Å². The van der Waals surface area contributed by atoms with Crippen molar-refractivity contribution in [1.82, 2.24) is 9.55 Å². The number of carboxylic acid groups (broad SMARTS) is 1. The molecule has 1 N–H and O–H groups in total. The highest BCUT2D eigenvalue weighted by atomic mass is 79.9. The van der Waals surface area contributed by atoms with Crippen molar-refractivity contribution in [3.63, 3.8) is 0 Å². The molecule has 0 saturated carbocycles. The largest absolute Gasteiger partial charge is 0.478 e. The number of ether oxygens (including phenoxy) is 1. The minimum Gasteiger partial charge on any atom is -0.478 e. The quantitative estimate of drug-likeness (QED) is 0.611. The Bertz CT molecular complexity index is 1180. The molecule has 0 fully saturated rings. The zero-order valence-electron chi connectivity index (χ0n) is 14.7. The third-order valence-electron chi connectivity index (χ3n) is 3.98. The zero-order chi connectivity index (χ0) is 21.3. The number of hydrogen-bond acceptors (Lipinski definition) is 4. The molecule has 0 unspecified atom stereocenters. The van der Waals surface area contributed by atoms with Gasteiger partial charge in [0.15, 0.2) is 0 Å². The highest BCUT2D eigenvalue weighted by Crippen LogP contribution is 2.23. The van der Waals surface area contributed by atoms with Crippen LogP contribution in [-0.4, -0.2) is 20.6 Å². The molecule has 0 radical (unpaired) electrons. The summed E-state index contributed by atoms with van der Waals surface area (Å²) in [5.74, 6) is -3.84. The van der Waals surface area contributed by atoms with Crippen molar-refractivity contribution >= 4 is 21.9 Å². The van der Waals surface area contributed by atoms with Crippen LogP contribution in [0.1, 0.15) is 21.7 Å². The number of aromatic nitrogens is 2. The standard InChI is InChI=1S/C19H12BrF3N2O4/c1-9-24-17(29-8-11-2-4-12(21)7-14(11)23)16(20)18(26)25(9)15-6-10(19(27)28)3-5-13(15)22/h2-7H,8H2,1H3,(H,27,28). The normalized spacial score (nSPS) is 10.8. The lowest BCUT2D eigenvalue weighted by Crippen LogP contribution is -2.25. The number of carbonyl (C=O) groups is 1. The Morgan fingerprint density at radius 3 is 2.55 bits per heavy atom. The molecule has 3 aromatic rings. The second kappa shape index (κ2) is 8.08. The van der Waals surface area contributed by atoms with Gasteiger partial charge >= 0.3 is 5.97 Å². The van der Waals surface area contributed by atoms with Gasteiger partial charge in [-0.3, -0.25) is 9.36 Å². The molecule has 1 heterocycles. The molecule has 0 aliphatic rings. The summed E-state index contributed by atoms with van der Waals surface area (Å²) in [6, 6.07) is 5.96. The van der Waals surface area contributed by atoms with Crippen LogP contribution in [0.5, 0.6) is 5.88 Å². The van der Waals surface area contributed by atoms with E-state index in [-0.39, 0.29) is 39.6 Å². The highest BCUT2D eigenvalue weighted by Gasteiger charge is 2.19. The Labute approximate surface area is 170 Å². The van der Waals surface area contributed by atoms with Gasteiger partial charge in [-0.1, -0.05) is 0 Å². The molecule has 0 amide bonds. The minimum absolute atomic E-state index is 0.00853. The zero-order valence-corrected chi connectivity index (χ0v) is 16.3. The van der Waals surface area contributed by atoms with Gasteiger partial charge in [-0.25, -0.2) is 18.0 Å². The van der Waals surface area contributed by atoms with Gasteiger partial charge in [-0.05, 0) is 53.2 Å². The van der Waals surface area contributed by atoms with E-state index in [9.17, 15) is 22.8 Å². The summed E-state index contributed by atoms with van der Waals surface area (Å²) in [6.45, 7) is 1.07. The lowest BCUT2D eigenvalue weighted by atomic mass is 10.2. The van der Waals surface area contributed by atoms with E-state index in [1.54, 1.807) is 0 Å². The summed E-state index contributed by atoms with van der Waals surface area (Å²) in [7, 11) is 0. The highest BCUT2D eigenvalue weighted by molar-refractivity contribution is 9.10. The van der Waals surface area contributed by atoms with Crippen molar-refractivity contribution in [2.24, 2.45) is 0 Å². The summed E-state index contributed by atoms with van der Waals surface area (Å²) >= 11 is 3.02. The summed E-state index contributed by atoms with van der Waals surface area (Å²) < 4.78 is 47.1. The fourth-order valence-electron chi connectivity index (χ4n) is 2.56. The number of aromatic carboxylic acids is 1. The maximum Gasteiger partial charge on any atom is 0.335 e. The number of rotatable bonds is 5. The van der Waals surface area contributed by atoms with Crippen LogP contribution in [0.3, 0.4) is 0 Å². The number of benzene rings is 2. The van der Waals surface area contributed by atoms with Gasteiger partial charge in [-0.15, -0.1) is 0 Å². The molecule has 29 heavy (non-hydrogen) atoms. The summed E-state index contributed by atoms with van der Waals surface area (Å²) in [6.07, 6.45) is 0. The third-order valence-corrected chi connectivity index (χ3v) is 4.66. The van der Waals surface area contributed by atoms with E-state index in [2.05, 4.69) is 20.9 Å². The van der Waals surface area contributed by atoms with Crippen molar-refractivity contribution in [2.45, 2.75) is 13.5 Å². The van der Waals surface area contributed by atoms with E-state index in [1.165, 1.54) is 13.0 Å². The molecule has 0 atom stereocenters. The summed E-state index contributed by atoms with van der Waals surface area (Å²) in [4.78, 5) is 27.9. The van der Waals surface area contributed by atoms with Crippen molar-refractivity contribution in [3.8, 4) is 11.6 Å². The lowest BCUT2D eigenvalue weighted by molar-refractivity contribution is 0.0696. The van der Waals surface area contributed by atoms with Gasteiger partial charge in [0.05, 0.1) is 11.3 Å². The van der Waals surface area contributed by atoms with Gasteiger partial charge in [0, 0.05) is 11.6 Å². The first-order valence-corrected chi connectivity index (χ1v) is 8.87. The van der Waals surface area contributed by atoms with Crippen LogP contribution in [0.15, 0.2) is 45.7 Å². The van der Waals surface area contributed by atoms with Gasteiger partial charge in [-0.2, -0.15) is 4.98 Å². The minimum atomic E-state index is -1.29. The first kappa shape index (κ1) is 20.6. The Balaban J connectivity index is 2.00. The number of aryl methyl sites for hydroxylation is 1. The second-order valence-corrected chi connectivity index (χ2v) is 6.71. The topological polar surface area (TPSA) is 81.4 Å². The van der Waals surface area contributed by atoms with Gasteiger partial charge in [0.25, 0.3) is 5.56 Å². The number of carboxylic acids is 1. The molecule has 150 valence electrons. The fourth-order valence-corrected chi connectivity index (χ4v) is 2.94. The SMILES string of the molecule is Cc1nc(OCc2ccc(F)cc2F)c(Br)c(=O)n1-c1cc(C(=O)O)ccc1F. The Kier molecular flexibility index (Phi) is 5.73. The molecule has 6 nitrogen and oxygen atoms in total. The molecule has 0 saturated heterocycles. The predicted molar refractivity (Wildman–Crippen MR) is 99.9 cm³/mol. The van der Waals surface area contributed by atoms with E-state index in [4.69, 9.17) is 9.84 Å². The maximum atomic E-state index is 14.3. The van der Waals surface area contributed by atoms with Crippen LogP contribution >= 0.6 is 15.9 Å². The van der Waals surface area contributed by atoms with Gasteiger partial charge < -0.3 is 9.84 Å². The Morgan fingerprint density at radius 1 is 1.17 bits per heavy atom. The molecule has 0 aliphatic carbocycles. The second-order valence-electron chi connectivity index (χ2n) is 5.91. The first-order chi connectivity index (χ1) is 13.7. The number of hydrogen-bond donors (Lipinski definition) is 1. The van der Waals surface area contributed by atoms with Crippen molar-refractivity contribution in [3.05, 3.63) is 85.6 Å². The van der Waals surface area contributed by atoms with Crippen LogP contribution in [0.25, 0.3) is 5.69 Å². The number of nitrogens with zero attached hydrogens (tertiary/aromatic N) is 2. The molecule has 2 aromatic carbocycles. The average Bonchev–Trinajstić information content (AvgIpc) is 2.66. The smallest absolute Gasteiger partial charge is 0.335 e. The molecule has 10 heteroatoms. The summed E-state index contributed by atoms with van der Waals surface area (Å²) in [5, 5.41) is 9.09. The van der Waals surface area contributed by atoms with Crippen LogP contribution in [0.4, 0.5) is 13.2 Å². The van der Waals surface area contributed by atoms with Crippen molar-refractivity contribution in [2.75, 3.05) is 0 Å². The first-order valence-electron chi connectivity index (χ1n) is 8.08. The van der Waals surface area contributed by atoms with Crippen molar-refractivity contribution in [1.29, 1.82) is 0 Å². The van der Waals surface area contributed by atoms with Gasteiger partial charge in [0.2, 0.25) is 5.88 Å². The predicted octanol–water partition coefficient (Wildman–Crippen LogP) is 4.00. The Morgan fingerprint density at radius 2 is 1.90 bits per heavy atom. The van der Waals surface area contributed by atoms with E-state index in [0.29, 0.717) is 6.07 Å². The monoisotopic (exact) mass is 468 g/mol. The molecular formula is C19H12BrF3N2O4. The lowest BCUT2D eigenvalue weighted by Gasteiger charge is -2.14. The fraction of sp³-hybridized carbons (Fsp3) is 0.105. The van der Waals surface area contributed by atoms with Crippen LogP contribution in [-0.2, 0) is 6.61 Å². The number of halogens is 4. The average molecular weight is 469 g/mol. The van der Waals surface area contributed by atoms with Crippen LogP contribution in [0, 0.1) is 24.4 Å². The molecule has 0 spiro atoms. The molecule has 0 bridgehead atoms. The summed E-state index contributed by atoms with van der Waals surface area (Å²) in [5.41, 5.74) is -1.22. The van der Waals surface area contributed by atoms with Crippen LogP contribution in [0.2, 0.25) is 0 Å². The van der Waals surface area contributed by atoms with Crippen LogP contribution < -0.4 is 10.3 Å². The molecule has 0 aliphatic heterocycles. The van der Waals surface area contributed by atoms with E-state index >= 15 is 0 Å².